The van der Waals surface area contributed by atoms with Gasteiger partial charge in [0.2, 0.25) is 0 Å². The number of ether oxygens (including phenoxy) is 1. The lowest BCUT2D eigenvalue weighted by Gasteiger charge is -2.36. The summed E-state index contributed by atoms with van der Waals surface area (Å²) in [4.78, 5) is 13.2. The van der Waals surface area contributed by atoms with Crippen molar-refractivity contribution in [3.05, 3.63) is 0 Å². The maximum absolute atomic E-state index is 12.0. The number of morpholine rings is 1. The molecule has 0 spiro atoms. The van der Waals surface area contributed by atoms with Gasteiger partial charge in [-0.1, -0.05) is 0 Å². The van der Waals surface area contributed by atoms with E-state index >= 15 is 0 Å². The Labute approximate surface area is 109 Å². The zero-order chi connectivity index (χ0) is 14.5. The number of aliphatic hydroxyl groups is 1. The largest absolute Gasteiger partial charge is 0.393 e. The second-order valence-corrected chi connectivity index (χ2v) is 4.60. The van der Waals surface area contributed by atoms with E-state index in [0.29, 0.717) is 19.6 Å². The smallest absolute Gasteiger partial charge is 0.390 e. The number of halogens is 3. The highest BCUT2D eigenvalue weighted by Gasteiger charge is 2.30. The molecule has 1 aliphatic rings. The van der Waals surface area contributed by atoms with Gasteiger partial charge in [0, 0.05) is 13.1 Å². The minimum absolute atomic E-state index is 0.289. The van der Waals surface area contributed by atoms with Gasteiger partial charge in [-0.05, 0) is 13.3 Å². The number of urea groups is 1. The number of hydrogen-bond acceptors (Lipinski definition) is 3. The lowest BCUT2D eigenvalue weighted by Crippen LogP contribution is -2.53. The Morgan fingerprint density at radius 2 is 2.26 bits per heavy atom. The van der Waals surface area contributed by atoms with Crippen LogP contribution in [0.4, 0.5) is 18.0 Å². The van der Waals surface area contributed by atoms with Crippen LogP contribution in [-0.2, 0) is 4.74 Å². The molecule has 1 saturated heterocycles. The number of amides is 2. The zero-order valence-electron chi connectivity index (χ0n) is 10.7. The highest BCUT2D eigenvalue weighted by Crippen LogP contribution is 2.18. The quantitative estimate of drug-likeness (QED) is 0.813. The molecule has 0 unspecified atom stereocenters. The lowest BCUT2D eigenvalue weighted by molar-refractivity contribution is -0.133. The first-order valence-corrected chi connectivity index (χ1v) is 6.16. The molecule has 19 heavy (non-hydrogen) atoms. The summed E-state index contributed by atoms with van der Waals surface area (Å²) in [5.41, 5.74) is 0. The van der Waals surface area contributed by atoms with Gasteiger partial charge in [-0.3, -0.25) is 0 Å². The van der Waals surface area contributed by atoms with E-state index in [1.807, 2.05) is 0 Å². The van der Waals surface area contributed by atoms with Crippen molar-refractivity contribution in [1.82, 2.24) is 10.2 Å². The number of hydrogen-bond donors (Lipinski definition) is 2. The fraction of sp³-hybridized carbons (Fsp3) is 0.909. The highest BCUT2D eigenvalue weighted by atomic mass is 19.4. The van der Waals surface area contributed by atoms with E-state index < -0.39 is 31.3 Å². The van der Waals surface area contributed by atoms with Crippen molar-refractivity contribution in [2.75, 3.05) is 26.3 Å². The molecule has 0 bridgehead atoms. The molecule has 0 aliphatic carbocycles. The normalized spacial score (nSPS) is 22.2. The van der Waals surface area contributed by atoms with E-state index in [9.17, 15) is 23.1 Å². The van der Waals surface area contributed by atoms with E-state index in [-0.39, 0.29) is 12.6 Å². The average molecular weight is 284 g/mol. The third kappa shape index (κ3) is 6.11. The van der Waals surface area contributed by atoms with Crippen LogP contribution < -0.4 is 5.32 Å². The van der Waals surface area contributed by atoms with Crippen molar-refractivity contribution in [2.24, 2.45) is 0 Å². The molecule has 0 aromatic rings. The van der Waals surface area contributed by atoms with Crippen molar-refractivity contribution in [3.63, 3.8) is 0 Å². The van der Waals surface area contributed by atoms with Crippen LogP contribution in [0.1, 0.15) is 19.8 Å². The number of alkyl halides is 3. The maximum Gasteiger partial charge on any atom is 0.390 e. The minimum Gasteiger partial charge on any atom is -0.393 e. The minimum atomic E-state index is -4.28. The summed E-state index contributed by atoms with van der Waals surface area (Å²) in [5.74, 6) is 0. The van der Waals surface area contributed by atoms with E-state index in [0.717, 1.165) is 0 Å². The predicted octanol–water partition coefficient (Wildman–Crippen LogP) is 1.12. The number of carbonyl (C=O) groups is 1. The summed E-state index contributed by atoms with van der Waals surface area (Å²) in [5, 5.41) is 11.6. The topological polar surface area (TPSA) is 61.8 Å². The fourth-order valence-corrected chi connectivity index (χ4v) is 1.92. The first-order chi connectivity index (χ1) is 8.79. The molecule has 1 fully saturated rings. The number of nitrogens with zero attached hydrogens (tertiary/aromatic N) is 1. The molecule has 2 amide bonds. The van der Waals surface area contributed by atoms with Crippen molar-refractivity contribution in [1.29, 1.82) is 0 Å². The van der Waals surface area contributed by atoms with Crippen LogP contribution in [0.25, 0.3) is 0 Å². The second kappa shape index (κ2) is 6.95. The third-order valence-electron chi connectivity index (χ3n) is 2.79. The Kier molecular flexibility index (Phi) is 5.86. The third-order valence-corrected chi connectivity index (χ3v) is 2.79. The number of rotatable bonds is 4. The summed E-state index contributed by atoms with van der Waals surface area (Å²) in [7, 11) is 0. The Hall–Kier alpha value is -1.02. The van der Waals surface area contributed by atoms with Crippen molar-refractivity contribution in [2.45, 2.75) is 38.1 Å². The van der Waals surface area contributed by atoms with E-state index in [2.05, 4.69) is 5.32 Å². The Morgan fingerprint density at radius 1 is 1.58 bits per heavy atom. The van der Waals surface area contributed by atoms with Crippen LogP contribution in [-0.4, -0.2) is 60.7 Å². The standard InChI is InChI=1S/C11H19F3N2O3/c1-8(17)6-9-7-19-5-4-16(9)10(18)15-3-2-11(12,13)14/h8-9,17H,2-7H2,1H3,(H,15,18)/t8-,9+/m0/s1. The molecule has 0 aromatic heterocycles. The van der Waals surface area contributed by atoms with E-state index in [4.69, 9.17) is 4.74 Å². The van der Waals surface area contributed by atoms with Crippen molar-refractivity contribution >= 4 is 6.03 Å². The summed E-state index contributed by atoms with van der Waals surface area (Å²) in [6.45, 7) is 2.10. The van der Waals surface area contributed by atoms with Gasteiger partial charge in [0.15, 0.2) is 0 Å². The summed E-state index contributed by atoms with van der Waals surface area (Å²) in [6, 6.07) is -0.849. The van der Waals surface area contributed by atoms with Crippen LogP contribution in [0.3, 0.4) is 0 Å². The van der Waals surface area contributed by atoms with Gasteiger partial charge in [0.25, 0.3) is 0 Å². The van der Waals surface area contributed by atoms with E-state index in [1.54, 1.807) is 6.92 Å². The molecule has 2 N–H and O–H groups in total. The predicted molar refractivity (Wildman–Crippen MR) is 61.7 cm³/mol. The van der Waals surface area contributed by atoms with Crippen LogP contribution >= 0.6 is 0 Å². The molecule has 2 atom stereocenters. The molecular weight excluding hydrogens is 265 g/mol. The molecule has 0 saturated carbocycles. The first kappa shape index (κ1) is 16.0. The summed E-state index contributed by atoms with van der Waals surface area (Å²) >= 11 is 0. The maximum atomic E-state index is 12.0. The summed E-state index contributed by atoms with van der Waals surface area (Å²) < 4.78 is 41.1. The average Bonchev–Trinajstić information content (AvgIpc) is 2.27. The summed E-state index contributed by atoms with van der Waals surface area (Å²) in [6.07, 6.45) is -5.59. The van der Waals surface area contributed by atoms with Crippen LogP contribution in [0, 0.1) is 0 Å². The van der Waals surface area contributed by atoms with Gasteiger partial charge >= 0.3 is 12.2 Å². The van der Waals surface area contributed by atoms with Crippen molar-refractivity contribution in [3.8, 4) is 0 Å². The zero-order valence-corrected chi connectivity index (χ0v) is 10.7. The van der Waals surface area contributed by atoms with Gasteiger partial charge < -0.3 is 20.1 Å². The van der Waals surface area contributed by atoms with Crippen molar-refractivity contribution < 1.29 is 27.8 Å². The van der Waals surface area contributed by atoms with Crippen LogP contribution in [0.2, 0.25) is 0 Å². The molecular formula is C11H19F3N2O3. The number of nitrogens with one attached hydrogen (secondary N) is 1. The molecule has 0 aromatic carbocycles. The Morgan fingerprint density at radius 3 is 2.84 bits per heavy atom. The van der Waals surface area contributed by atoms with Gasteiger partial charge in [-0.2, -0.15) is 13.2 Å². The Balaban J connectivity index is 2.43. The van der Waals surface area contributed by atoms with Gasteiger partial charge in [0.05, 0.1) is 31.8 Å². The SMILES string of the molecule is C[C@H](O)C[C@@H]1COCCN1C(=O)NCCC(F)(F)F. The van der Waals surface area contributed by atoms with Gasteiger partial charge in [0.1, 0.15) is 0 Å². The lowest BCUT2D eigenvalue weighted by atomic mass is 10.1. The van der Waals surface area contributed by atoms with Gasteiger partial charge in [-0.25, -0.2) is 4.79 Å². The molecule has 1 heterocycles. The molecule has 0 radical (unpaired) electrons. The van der Waals surface area contributed by atoms with E-state index in [1.165, 1.54) is 4.90 Å². The molecule has 8 heteroatoms. The number of carbonyl (C=O) groups excluding carboxylic acids is 1. The second-order valence-electron chi connectivity index (χ2n) is 4.60. The Bertz CT molecular complexity index is 297. The van der Waals surface area contributed by atoms with Gasteiger partial charge in [-0.15, -0.1) is 0 Å². The molecule has 1 rings (SSSR count). The molecule has 112 valence electrons. The molecule has 1 aliphatic heterocycles. The highest BCUT2D eigenvalue weighted by molar-refractivity contribution is 5.74. The molecule has 5 nitrogen and oxygen atoms in total. The first-order valence-electron chi connectivity index (χ1n) is 6.16. The van der Waals surface area contributed by atoms with Crippen LogP contribution in [0.15, 0.2) is 0 Å². The van der Waals surface area contributed by atoms with Crippen LogP contribution in [0.5, 0.6) is 0 Å². The number of aliphatic hydroxyl groups excluding tert-OH is 1. The monoisotopic (exact) mass is 284 g/mol. The fourth-order valence-electron chi connectivity index (χ4n) is 1.92.